The van der Waals surface area contributed by atoms with Gasteiger partial charge in [0.05, 0.1) is 6.04 Å². The van der Waals surface area contributed by atoms with Crippen molar-refractivity contribution in [1.82, 2.24) is 14.3 Å². The molecule has 0 saturated carbocycles. The van der Waals surface area contributed by atoms with Crippen LogP contribution in [0.4, 0.5) is 17.6 Å². The molecule has 4 aromatic rings. The minimum absolute atomic E-state index is 0.0176. The summed E-state index contributed by atoms with van der Waals surface area (Å²) in [7, 11) is -4.13. The molecule has 0 radical (unpaired) electrons. The number of fused-ring (bicyclic) bond motifs is 1. The van der Waals surface area contributed by atoms with Gasteiger partial charge in [-0.15, -0.1) is 0 Å². The van der Waals surface area contributed by atoms with Gasteiger partial charge < -0.3 is 4.42 Å². The minimum atomic E-state index is -4.54. The third kappa shape index (κ3) is 5.18. The number of halogens is 4. The number of benzene rings is 1. The molecule has 198 valence electrons. The van der Waals surface area contributed by atoms with Crippen molar-refractivity contribution in [3.8, 4) is 11.1 Å². The normalized spacial score (nSPS) is 16.8. The first-order chi connectivity index (χ1) is 18.0. The lowest BCUT2D eigenvalue weighted by Gasteiger charge is -2.21. The van der Waals surface area contributed by atoms with E-state index in [1.165, 1.54) is 36.5 Å². The Labute approximate surface area is 215 Å². The largest absolute Gasteiger partial charge is 0.443 e. The predicted octanol–water partition coefficient (Wildman–Crippen LogP) is 5.40. The molecule has 0 spiro atoms. The summed E-state index contributed by atoms with van der Waals surface area (Å²) in [5.74, 6) is -0.805. The number of aryl methyl sites for hydroxylation is 1. The maximum atomic E-state index is 13.5. The van der Waals surface area contributed by atoms with Gasteiger partial charge in [-0.3, -0.25) is 14.8 Å². The molecule has 1 atom stereocenters. The summed E-state index contributed by atoms with van der Waals surface area (Å²) in [5, 5.41) is -0.0443. The molecule has 1 unspecified atom stereocenters. The van der Waals surface area contributed by atoms with E-state index < -0.39 is 33.8 Å². The van der Waals surface area contributed by atoms with Gasteiger partial charge in [-0.1, -0.05) is 6.07 Å². The monoisotopic (exact) mass is 547 g/mol. The fourth-order valence-corrected chi connectivity index (χ4v) is 6.16. The molecule has 1 aliphatic rings. The second-order valence-corrected chi connectivity index (χ2v) is 10.8. The maximum Gasteiger partial charge on any atom is 0.433 e. The molecular weight excluding hydrogens is 526 g/mol. The average molecular weight is 548 g/mol. The summed E-state index contributed by atoms with van der Waals surface area (Å²) in [6.45, 7) is 0.152. The summed E-state index contributed by atoms with van der Waals surface area (Å²) < 4.78 is 85.0. The predicted molar refractivity (Wildman–Crippen MR) is 129 cm³/mol. The molecule has 0 N–H and O–H groups in total. The Morgan fingerprint density at radius 1 is 1.05 bits per heavy atom. The highest BCUT2D eigenvalue weighted by molar-refractivity contribution is 7.89. The number of furan rings is 1. The van der Waals surface area contributed by atoms with E-state index in [0.717, 1.165) is 16.6 Å². The lowest BCUT2D eigenvalue weighted by Crippen LogP contribution is -2.40. The molecule has 0 amide bonds. The van der Waals surface area contributed by atoms with E-state index in [9.17, 15) is 30.8 Å². The lowest BCUT2D eigenvalue weighted by atomic mass is 10.0. The third-order valence-corrected chi connectivity index (χ3v) is 8.19. The number of aromatic nitrogens is 2. The van der Waals surface area contributed by atoms with Crippen LogP contribution in [0.1, 0.15) is 30.7 Å². The Balaban J connectivity index is 1.28. The number of hydrogen-bond donors (Lipinski definition) is 0. The fraction of sp³-hybridized carbons (Fsp3) is 0.269. The van der Waals surface area contributed by atoms with Crippen LogP contribution in [-0.4, -0.2) is 41.1 Å². The zero-order chi connectivity index (χ0) is 27.1. The van der Waals surface area contributed by atoms with Crippen molar-refractivity contribution < 1.29 is 35.2 Å². The van der Waals surface area contributed by atoms with Gasteiger partial charge in [0.25, 0.3) is 10.0 Å². The molecule has 0 aliphatic carbocycles. The molecule has 12 heteroatoms. The second kappa shape index (κ2) is 9.91. The molecular formula is C26H21F4N3O4S. The van der Waals surface area contributed by atoms with E-state index in [2.05, 4.69) is 9.97 Å². The molecule has 1 aliphatic heterocycles. The van der Waals surface area contributed by atoms with Gasteiger partial charge in [0.15, 0.2) is 5.78 Å². The standard InChI is InChI=1S/C26H21F4N3O4S/c27-19-4-7-23-18(12-19)14-25(37-23)38(35,36)33-11-1-2-21(33)22(34)6-5-20-13-16(9-10-31-20)17-3-8-24(32-15-17)26(28,29)30/h3-4,7-10,12-15,21H,1-2,5-6,11H2. The Kier molecular flexibility index (Phi) is 6.78. The van der Waals surface area contributed by atoms with E-state index in [1.54, 1.807) is 12.1 Å². The van der Waals surface area contributed by atoms with Gasteiger partial charge in [-0.05, 0) is 61.2 Å². The van der Waals surface area contributed by atoms with Crippen molar-refractivity contribution >= 4 is 26.8 Å². The zero-order valence-corrected chi connectivity index (χ0v) is 20.6. The number of ketones is 1. The highest BCUT2D eigenvalue weighted by atomic mass is 32.2. The topological polar surface area (TPSA) is 93.4 Å². The third-order valence-electron chi connectivity index (χ3n) is 6.43. The number of carbonyl (C=O) groups is 1. The summed E-state index contributed by atoms with van der Waals surface area (Å²) in [6.07, 6.45) is -0.827. The molecule has 38 heavy (non-hydrogen) atoms. The minimum Gasteiger partial charge on any atom is -0.443 e. The van der Waals surface area contributed by atoms with Gasteiger partial charge in [-0.2, -0.15) is 17.5 Å². The molecule has 4 heterocycles. The molecule has 1 aromatic carbocycles. The number of pyridine rings is 2. The summed E-state index contributed by atoms with van der Waals surface area (Å²) in [6, 6.07) is 9.56. The van der Waals surface area contributed by atoms with Crippen LogP contribution >= 0.6 is 0 Å². The Morgan fingerprint density at radius 3 is 2.61 bits per heavy atom. The van der Waals surface area contributed by atoms with Crippen LogP contribution in [-0.2, 0) is 27.4 Å². The highest BCUT2D eigenvalue weighted by Gasteiger charge is 2.40. The van der Waals surface area contributed by atoms with Crippen LogP contribution in [0.15, 0.2) is 70.4 Å². The molecule has 1 saturated heterocycles. The summed E-state index contributed by atoms with van der Waals surface area (Å²) >= 11 is 0. The van der Waals surface area contributed by atoms with E-state index >= 15 is 0 Å². The lowest BCUT2D eigenvalue weighted by molar-refractivity contribution is -0.141. The number of alkyl halides is 3. The smallest absolute Gasteiger partial charge is 0.433 e. The van der Waals surface area contributed by atoms with E-state index in [4.69, 9.17) is 4.42 Å². The van der Waals surface area contributed by atoms with Gasteiger partial charge in [0.1, 0.15) is 17.1 Å². The van der Waals surface area contributed by atoms with Gasteiger partial charge in [-0.25, -0.2) is 12.8 Å². The summed E-state index contributed by atoms with van der Waals surface area (Å²) in [5.41, 5.74) is 0.817. The maximum absolute atomic E-state index is 13.5. The first-order valence-corrected chi connectivity index (χ1v) is 13.2. The Hall–Kier alpha value is -3.64. The molecule has 5 rings (SSSR count). The van der Waals surface area contributed by atoms with E-state index in [0.29, 0.717) is 35.0 Å². The number of Topliss-reactive ketones (excluding diaryl/α,β-unsaturated/α-hetero) is 1. The van der Waals surface area contributed by atoms with Crippen LogP contribution < -0.4 is 0 Å². The van der Waals surface area contributed by atoms with Gasteiger partial charge >= 0.3 is 6.18 Å². The second-order valence-electron chi connectivity index (χ2n) is 8.95. The van der Waals surface area contributed by atoms with E-state index in [1.807, 2.05) is 0 Å². The van der Waals surface area contributed by atoms with Crippen molar-refractivity contribution in [2.24, 2.45) is 0 Å². The first-order valence-electron chi connectivity index (χ1n) is 11.7. The van der Waals surface area contributed by atoms with Crippen LogP contribution in [0, 0.1) is 5.82 Å². The number of hydrogen-bond acceptors (Lipinski definition) is 6. The van der Waals surface area contributed by atoms with Crippen molar-refractivity contribution in [2.45, 2.75) is 43.0 Å². The number of nitrogens with zero attached hydrogens (tertiary/aromatic N) is 3. The Morgan fingerprint density at radius 2 is 1.87 bits per heavy atom. The fourth-order valence-electron chi connectivity index (χ4n) is 4.53. The average Bonchev–Trinajstić information content (AvgIpc) is 3.55. The van der Waals surface area contributed by atoms with E-state index in [-0.39, 0.29) is 35.8 Å². The summed E-state index contributed by atoms with van der Waals surface area (Å²) in [4.78, 5) is 20.8. The highest BCUT2D eigenvalue weighted by Crippen LogP contribution is 2.32. The molecule has 7 nitrogen and oxygen atoms in total. The number of carbonyl (C=O) groups excluding carboxylic acids is 1. The zero-order valence-electron chi connectivity index (χ0n) is 19.8. The Bertz CT molecular complexity index is 1600. The number of rotatable bonds is 7. The van der Waals surface area contributed by atoms with Crippen molar-refractivity contribution in [2.75, 3.05) is 6.54 Å². The van der Waals surface area contributed by atoms with Gasteiger partial charge in [0, 0.05) is 48.1 Å². The SMILES string of the molecule is O=C(CCc1cc(-c2ccc(C(F)(F)F)nc2)ccn1)C1CCCN1S(=O)(=O)c1cc2cc(F)ccc2o1. The molecule has 0 bridgehead atoms. The molecule has 3 aromatic heterocycles. The van der Waals surface area contributed by atoms with Crippen molar-refractivity contribution in [3.63, 3.8) is 0 Å². The first kappa shape index (κ1) is 26.0. The van der Waals surface area contributed by atoms with Crippen molar-refractivity contribution in [3.05, 3.63) is 78.1 Å². The van der Waals surface area contributed by atoms with Crippen molar-refractivity contribution in [1.29, 1.82) is 0 Å². The van der Waals surface area contributed by atoms with Crippen LogP contribution in [0.2, 0.25) is 0 Å². The van der Waals surface area contributed by atoms with Crippen LogP contribution in [0.25, 0.3) is 22.1 Å². The quantitative estimate of drug-likeness (QED) is 0.288. The number of sulfonamides is 1. The van der Waals surface area contributed by atoms with Gasteiger partial charge in [0.2, 0.25) is 5.09 Å². The van der Waals surface area contributed by atoms with Crippen LogP contribution in [0.3, 0.4) is 0 Å². The van der Waals surface area contributed by atoms with Crippen LogP contribution in [0.5, 0.6) is 0 Å². The molecule has 1 fully saturated rings.